The monoisotopic (exact) mass is 271 g/mol. The molecule has 18 heavy (non-hydrogen) atoms. The quantitative estimate of drug-likeness (QED) is 0.874. The highest BCUT2D eigenvalue weighted by atomic mass is 32.1. The van der Waals surface area contributed by atoms with Gasteiger partial charge < -0.3 is 19.7 Å². The molecule has 6 heteroatoms. The van der Waals surface area contributed by atoms with Crippen LogP contribution in [0.25, 0.3) is 0 Å². The molecule has 1 saturated heterocycles. The largest absolute Gasteiger partial charge is 0.377 e. The van der Waals surface area contributed by atoms with Crippen LogP contribution in [0.1, 0.15) is 17.8 Å². The van der Waals surface area contributed by atoms with E-state index >= 15 is 0 Å². The van der Waals surface area contributed by atoms with E-state index in [0.717, 1.165) is 18.2 Å². The van der Waals surface area contributed by atoms with Crippen LogP contribution in [0.15, 0.2) is 6.20 Å². The smallest absolute Gasteiger partial charge is 0.185 e. The zero-order chi connectivity index (χ0) is 13.1. The van der Waals surface area contributed by atoms with E-state index in [2.05, 4.69) is 22.1 Å². The Kier molecular flexibility index (Phi) is 4.55. The number of hydrogen-bond acceptors (Lipinski definition) is 6. The van der Waals surface area contributed by atoms with E-state index in [9.17, 15) is 0 Å². The summed E-state index contributed by atoms with van der Waals surface area (Å²) >= 11 is 1.73. The van der Waals surface area contributed by atoms with E-state index in [4.69, 9.17) is 9.47 Å². The number of anilines is 1. The van der Waals surface area contributed by atoms with Gasteiger partial charge in [-0.15, -0.1) is 11.3 Å². The minimum Gasteiger partial charge on any atom is -0.377 e. The number of rotatable bonds is 5. The lowest BCUT2D eigenvalue weighted by molar-refractivity contribution is -0.00461. The number of nitrogens with one attached hydrogen (secondary N) is 1. The van der Waals surface area contributed by atoms with Crippen molar-refractivity contribution >= 4 is 16.5 Å². The van der Waals surface area contributed by atoms with Crippen molar-refractivity contribution in [2.24, 2.45) is 0 Å². The average Bonchev–Trinajstić information content (AvgIpc) is 3.03. The molecule has 3 unspecified atom stereocenters. The van der Waals surface area contributed by atoms with Gasteiger partial charge in [0.15, 0.2) is 5.13 Å². The molecule has 2 heterocycles. The van der Waals surface area contributed by atoms with E-state index in [1.54, 1.807) is 25.6 Å². The molecule has 102 valence electrons. The van der Waals surface area contributed by atoms with Gasteiger partial charge in [0.05, 0.1) is 0 Å². The molecule has 1 aliphatic heterocycles. The molecule has 1 N–H and O–H groups in total. The molecule has 0 radical (unpaired) electrons. The maximum absolute atomic E-state index is 5.44. The van der Waals surface area contributed by atoms with Crippen LogP contribution in [-0.4, -0.2) is 51.5 Å². The summed E-state index contributed by atoms with van der Waals surface area (Å²) in [4.78, 5) is 7.99. The highest BCUT2D eigenvalue weighted by Gasteiger charge is 2.34. The van der Waals surface area contributed by atoms with E-state index in [0.29, 0.717) is 6.04 Å². The minimum atomic E-state index is 0.129. The average molecular weight is 271 g/mol. The predicted octanol–water partition coefficient (Wildman–Crippen LogP) is 1.27. The van der Waals surface area contributed by atoms with Crippen LogP contribution in [0, 0.1) is 0 Å². The highest BCUT2D eigenvalue weighted by molar-refractivity contribution is 7.15. The number of thiazole rings is 1. The van der Waals surface area contributed by atoms with Crippen molar-refractivity contribution in [3.63, 3.8) is 0 Å². The fourth-order valence-electron chi connectivity index (χ4n) is 2.12. The molecule has 5 nitrogen and oxygen atoms in total. The van der Waals surface area contributed by atoms with Crippen LogP contribution >= 0.6 is 11.3 Å². The minimum absolute atomic E-state index is 0.129. The Labute approximate surface area is 112 Å². The molecule has 1 fully saturated rings. The van der Waals surface area contributed by atoms with Gasteiger partial charge in [-0.2, -0.15) is 0 Å². The van der Waals surface area contributed by atoms with Gasteiger partial charge in [-0.25, -0.2) is 4.98 Å². The Bertz CT molecular complexity index is 373. The van der Waals surface area contributed by atoms with Gasteiger partial charge >= 0.3 is 0 Å². The highest BCUT2D eigenvalue weighted by Crippen LogP contribution is 2.30. The Morgan fingerprint density at radius 3 is 2.50 bits per heavy atom. The van der Waals surface area contributed by atoms with Gasteiger partial charge in [0, 0.05) is 44.4 Å². The van der Waals surface area contributed by atoms with Crippen LogP contribution in [0.3, 0.4) is 0 Å². The summed E-state index contributed by atoms with van der Waals surface area (Å²) in [5.74, 6) is 0. The topological polar surface area (TPSA) is 46.6 Å². The summed E-state index contributed by atoms with van der Waals surface area (Å²) < 4.78 is 10.9. The third-order valence-electron chi connectivity index (χ3n) is 3.46. The number of aromatic nitrogens is 1. The first-order chi connectivity index (χ1) is 8.69. The summed E-state index contributed by atoms with van der Waals surface area (Å²) in [6.45, 7) is 3.82. The van der Waals surface area contributed by atoms with Crippen molar-refractivity contribution in [1.82, 2.24) is 10.3 Å². The van der Waals surface area contributed by atoms with Crippen LogP contribution in [0.2, 0.25) is 0 Å². The molecule has 0 spiro atoms. The first kappa shape index (κ1) is 13.7. The normalized spacial score (nSPS) is 25.7. The SMILES string of the molecule is CNC(C)c1cnc(N2CC(OC)C(OC)C2)s1. The molecule has 0 bridgehead atoms. The van der Waals surface area contributed by atoms with Crippen LogP contribution < -0.4 is 10.2 Å². The molecule has 2 rings (SSSR count). The van der Waals surface area contributed by atoms with Crippen LogP contribution in [0.4, 0.5) is 5.13 Å². The van der Waals surface area contributed by atoms with Gasteiger partial charge in [-0.3, -0.25) is 0 Å². The van der Waals surface area contributed by atoms with E-state index in [-0.39, 0.29) is 12.2 Å². The maximum Gasteiger partial charge on any atom is 0.185 e. The van der Waals surface area contributed by atoms with Gasteiger partial charge in [0.25, 0.3) is 0 Å². The van der Waals surface area contributed by atoms with Gasteiger partial charge in [0.2, 0.25) is 0 Å². The number of hydrogen-bond donors (Lipinski definition) is 1. The molecule has 1 aliphatic rings. The van der Waals surface area contributed by atoms with Crippen molar-refractivity contribution in [3.8, 4) is 0 Å². The fraction of sp³-hybridized carbons (Fsp3) is 0.750. The maximum atomic E-state index is 5.44. The molecule has 1 aromatic heterocycles. The molecule has 3 atom stereocenters. The zero-order valence-electron chi connectivity index (χ0n) is 11.3. The molecule has 1 aromatic rings. The lowest BCUT2D eigenvalue weighted by Gasteiger charge is -2.13. The first-order valence-corrected chi connectivity index (χ1v) is 6.94. The van der Waals surface area contributed by atoms with Crippen LogP contribution in [0.5, 0.6) is 0 Å². The number of methoxy groups -OCH3 is 2. The first-order valence-electron chi connectivity index (χ1n) is 6.13. The van der Waals surface area contributed by atoms with Crippen molar-refractivity contribution in [2.45, 2.75) is 25.2 Å². The summed E-state index contributed by atoms with van der Waals surface area (Å²) in [5, 5.41) is 4.28. The summed E-state index contributed by atoms with van der Waals surface area (Å²) in [6.07, 6.45) is 2.21. The second-order valence-corrected chi connectivity index (χ2v) is 5.55. The molecular formula is C12H21N3O2S. The Morgan fingerprint density at radius 1 is 1.39 bits per heavy atom. The third kappa shape index (κ3) is 2.66. The van der Waals surface area contributed by atoms with Gasteiger partial charge in [-0.1, -0.05) is 0 Å². The number of ether oxygens (including phenoxy) is 2. The molecule has 0 amide bonds. The summed E-state index contributed by atoms with van der Waals surface area (Å²) in [6, 6.07) is 0.343. The number of nitrogens with zero attached hydrogens (tertiary/aromatic N) is 2. The zero-order valence-corrected chi connectivity index (χ0v) is 12.2. The predicted molar refractivity (Wildman–Crippen MR) is 73.4 cm³/mol. The molecule has 0 aromatic carbocycles. The van der Waals surface area contributed by atoms with Crippen molar-refractivity contribution in [2.75, 3.05) is 39.3 Å². The van der Waals surface area contributed by atoms with Crippen molar-refractivity contribution < 1.29 is 9.47 Å². The molecule has 0 aliphatic carbocycles. The second kappa shape index (κ2) is 5.97. The van der Waals surface area contributed by atoms with E-state index < -0.39 is 0 Å². The fourth-order valence-corrected chi connectivity index (χ4v) is 3.11. The van der Waals surface area contributed by atoms with Gasteiger partial charge in [-0.05, 0) is 14.0 Å². The van der Waals surface area contributed by atoms with E-state index in [1.807, 2.05) is 13.2 Å². The molecule has 0 saturated carbocycles. The molecular weight excluding hydrogens is 250 g/mol. The van der Waals surface area contributed by atoms with Crippen molar-refractivity contribution in [3.05, 3.63) is 11.1 Å². The van der Waals surface area contributed by atoms with Gasteiger partial charge in [0.1, 0.15) is 12.2 Å². The Hall–Kier alpha value is -0.690. The van der Waals surface area contributed by atoms with Crippen molar-refractivity contribution in [1.29, 1.82) is 0 Å². The lowest BCUT2D eigenvalue weighted by Crippen LogP contribution is -2.27. The third-order valence-corrected chi connectivity index (χ3v) is 4.70. The second-order valence-electron chi connectivity index (χ2n) is 4.51. The Morgan fingerprint density at radius 2 is 2.00 bits per heavy atom. The standard InChI is InChI=1S/C12H21N3O2S/c1-8(13-2)11-5-14-12(18-11)15-6-9(16-3)10(7-15)17-4/h5,8-10,13H,6-7H2,1-4H3. The summed E-state index contributed by atoms with van der Waals surface area (Å²) in [7, 11) is 5.43. The Balaban J connectivity index is 2.06. The summed E-state index contributed by atoms with van der Waals surface area (Å²) in [5.41, 5.74) is 0. The van der Waals surface area contributed by atoms with Crippen LogP contribution in [-0.2, 0) is 9.47 Å². The van der Waals surface area contributed by atoms with E-state index in [1.165, 1.54) is 4.88 Å². The lowest BCUT2D eigenvalue weighted by atomic mass is 10.3.